The van der Waals surface area contributed by atoms with Gasteiger partial charge in [-0.1, -0.05) is 19.8 Å². The summed E-state index contributed by atoms with van der Waals surface area (Å²) in [5, 5.41) is 6.71. The lowest BCUT2D eigenvalue weighted by atomic mass is 9.79. The van der Waals surface area contributed by atoms with E-state index in [9.17, 15) is 27.6 Å². The summed E-state index contributed by atoms with van der Waals surface area (Å²) >= 11 is 0. The first-order valence-corrected chi connectivity index (χ1v) is 14.3. The fourth-order valence-corrected chi connectivity index (χ4v) is 5.53. The molecular weight excluding hydrogens is 607 g/mol. The predicted octanol–water partition coefficient (Wildman–Crippen LogP) is 4.17. The monoisotopic (exact) mass is 642 g/mol. The summed E-state index contributed by atoms with van der Waals surface area (Å²) < 4.78 is 80.3. The number of rotatable bonds is 11. The second-order valence-corrected chi connectivity index (χ2v) is 11.3. The van der Waals surface area contributed by atoms with Crippen LogP contribution in [0.2, 0.25) is 0 Å². The number of pyridine rings is 2. The van der Waals surface area contributed by atoms with Crippen LogP contribution in [-0.4, -0.2) is 78.3 Å². The van der Waals surface area contributed by atoms with E-state index in [0.717, 1.165) is 30.0 Å². The van der Waals surface area contributed by atoms with Crippen molar-refractivity contribution in [3.63, 3.8) is 0 Å². The number of ether oxygens (including phenoxy) is 2. The Hall–Kier alpha value is -4.08. The van der Waals surface area contributed by atoms with Gasteiger partial charge in [0.2, 0.25) is 11.8 Å². The molecule has 3 N–H and O–H groups in total. The van der Waals surface area contributed by atoms with Crippen molar-refractivity contribution in [2.24, 2.45) is 11.8 Å². The molecule has 0 bridgehead atoms. The molecule has 1 aliphatic carbocycles. The fraction of sp³-hybridized carbons (Fsp3) is 0.552. The first-order valence-electron chi connectivity index (χ1n) is 14.3. The van der Waals surface area contributed by atoms with Gasteiger partial charge in [-0.25, -0.2) is 14.8 Å². The van der Waals surface area contributed by atoms with Gasteiger partial charge < -0.3 is 30.3 Å². The quantitative estimate of drug-likeness (QED) is 0.313. The van der Waals surface area contributed by atoms with Gasteiger partial charge in [0.1, 0.15) is 17.9 Å². The summed E-state index contributed by atoms with van der Waals surface area (Å²) in [4.78, 5) is 47.8. The lowest BCUT2D eigenvalue weighted by Gasteiger charge is -2.33. The summed E-state index contributed by atoms with van der Waals surface area (Å²) in [6.07, 6.45) is -0.0933. The van der Waals surface area contributed by atoms with Crippen molar-refractivity contribution in [2.45, 2.75) is 62.8 Å². The summed E-state index contributed by atoms with van der Waals surface area (Å²) in [6.45, 7) is 1.22. The smallest absolute Gasteiger partial charge is 0.410 e. The molecule has 45 heavy (non-hydrogen) atoms. The number of amides is 4. The largest absolute Gasteiger partial charge is 0.481 e. The molecule has 1 saturated heterocycles. The van der Waals surface area contributed by atoms with Crippen LogP contribution in [0.25, 0.3) is 0 Å². The van der Waals surface area contributed by atoms with E-state index < -0.39 is 66.1 Å². The van der Waals surface area contributed by atoms with E-state index in [4.69, 9.17) is 9.47 Å². The van der Waals surface area contributed by atoms with Crippen LogP contribution >= 0.6 is 0 Å². The van der Waals surface area contributed by atoms with Crippen molar-refractivity contribution >= 4 is 23.7 Å². The highest BCUT2D eigenvalue weighted by molar-refractivity contribution is 5.98. The van der Waals surface area contributed by atoms with Crippen LogP contribution in [0.1, 0.15) is 49.8 Å². The Morgan fingerprint density at radius 1 is 1.09 bits per heavy atom. The van der Waals surface area contributed by atoms with Gasteiger partial charge in [0.05, 0.1) is 26.3 Å². The number of hydrogen-bond donors (Lipinski definition) is 3. The van der Waals surface area contributed by atoms with Gasteiger partial charge in [0.25, 0.3) is 5.91 Å². The van der Waals surface area contributed by atoms with E-state index in [2.05, 4.69) is 20.6 Å². The SMILES string of the molecule is COC[C@H](c1ccnc(NC(=O)C(NC(=O)C(F)(F)c2ccc(OC)nc2)C2CCC(C)CC2)c1)N1C[C@@H](C(F)(F)F)NC1=O. The average molecular weight is 643 g/mol. The van der Waals surface area contributed by atoms with Crippen LogP contribution in [0.3, 0.4) is 0 Å². The molecule has 2 fully saturated rings. The molecule has 4 amide bonds. The van der Waals surface area contributed by atoms with Gasteiger partial charge in [-0.3, -0.25) is 9.59 Å². The molecule has 246 valence electrons. The Balaban J connectivity index is 1.55. The molecule has 4 rings (SSSR count). The highest BCUT2D eigenvalue weighted by atomic mass is 19.4. The molecule has 0 radical (unpaired) electrons. The summed E-state index contributed by atoms with van der Waals surface area (Å²) in [5.74, 6) is -6.56. The molecule has 2 aromatic rings. The minimum Gasteiger partial charge on any atom is -0.481 e. The average Bonchev–Trinajstić information content (AvgIpc) is 3.40. The second kappa shape index (κ2) is 13.9. The van der Waals surface area contributed by atoms with Crippen LogP contribution in [-0.2, 0) is 20.2 Å². The van der Waals surface area contributed by atoms with Crippen molar-refractivity contribution in [3.05, 3.63) is 47.8 Å². The number of anilines is 1. The number of methoxy groups -OCH3 is 2. The first kappa shape index (κ1) is 33.8. The molecule has 1 saturated carbocycles. The zero-order chi connectivity index (χ0) is 32.9. The van der Waals surface area contributed by atoms with Gasteiger partial charge in [-0.15, -0.1) is 0 Å². The first-order chi connectivity index (χ1) is 21.2. The number of nitrogens with zero attached hydrogens (tertiary/aromatic N) is 3. The topological polar surface area (TPSA) is 135 Å². The van der Waals surface area contributed by atoms with Crippen LogP contribution in [0.15, 0.2) is 36.7 Å². The number of hydrogen-bond acceptors (Lipinski definition) is 7. The molecule has 0 aromatic carbocycles. The molecule has 11 nitrogen and oxygen atoms in total. The lowest BCUT2D eigenvalue weighted by Crippen LogP contribution is -2.53. The standard InChI is InChI=1S/C29H35F5N6O5/c1-16-4-6-17(7-5-16)24(39-26(42)28(30,31)19-8-9-23(45-3)36-13-19)25(41)38-22-12-18(10-11-35-22)20(15-44-2)40-14-21(29(32,33)34)37-27(40)43/h8-13,16-17,20-21,24H,4-7,14-15H2,1-3H3,(H,37,43)(H,39,42)(H,35,38,41)/t16?,17?,20-,21+,24?/m1/s1. The molecule has 3 heterocycles. The van der Waals surface area contributed by atoms with E-state index in [-0.39, 0.29) is 18.3 Å². The Morgan fingerprint density at radius 2 is 1.80 bits per heavy atom. The van der Waals surface area contributed by atoms with Crippen molar-refractivity contribution in [3.8, 4) is 5.88 Å². The molecule has 3 atom stereocenters. The normalized spacial score (nSPS) is 21.9. The fourth-order valence-electron chi connectivity index (χ4n) is 5.53. The third-order valence-electron chi connectivity index (χ3n) is 8.15. The van der Waals surface area contributed by atoms with E-state index in [0.29, 0.717) is 24.3 Å². The number of carbonyl (C=O) groups excluding carboxylic acids is 3. The van der Waals surface area contributed by atoms with Crippen molar-refractivity contribution in [2.75, 3.05) is 32.7 Å². The Morgan fingerprint density at radius 3 is 2.38 bits per heavy atom. The summed E-state index contributed by atoms with van der Waals surface area (Å²) in [6, 6.07) is -0.315. The van der Waals surface area contributed by atoms with Gasteiger partial charge in [0, 0.05) is 31.1 Å². The van der Waals surface area contributed by atoms with E-state index >= 15 is 8.78 Å². The van der Waals surface area contributed by atoms with Crippen LogP contribution in [0, 0.1) is 11.8 Å². The highest BCUT2D eigenvalue weighted by Gasteiger charge is 2.49. The van der Waals surface area contributed by atoms with E-state index in [1.165, 1.54) is 38.6 Å². The summed E-state index contributed by atoms with van der Waals surface area (Å²) in [7, 11) is 2.64. The Kier molecular flexibility index (Phi) is 10.5. The van der Waals surface area contributed by atoms with E-state index in [1.807, 2.05) is 12.2 Å². The molecule has 1 aliphatic heterocycles. The van der Waals surface area contributed by atoms with Crippen LogP contribution < -0.4 is 20.7 Å². The number of halogens is 5. The molecule has 2 aliphatic rings. The van der Waals surface area contributed by atoms with Crippen LogP contribution in [0.4, 0.5) is 32.6 Å². The highest BCUT2D eigenvalue weighted by Crippen LogP contribution is 2.34. The maximum Gasteiger partial charge on any atom is 0.410 e. The molecule has 16 heteroatoms. The number of nitrogens with one attached hydrogen (secondary N) is 3. The zero-order valence-electron chi connectivity index (χ0n) is 24.9. The predicted molar refractivity (Wildman–Crippen MR) is 150 cm³/mol. The Bertz CT molecular complexity index is 1350. The molecule has 2 aromatic heterocycles. The minimum absolute atomic E-state index is 0.0554. The summed E-state index contributed by atoms with van der Waals surface area (Å²) in [5.41, 5.74) is -0.375. The van der Waals surface area contributed by atoms with Gasteiger partial charge in [-0.2, -0.15) is 22.0 Å². The third kappa shape index (κ3) is 7.96. The van der Waals surface area contributed by atoms with E-state index in [1.54, 1.807) is 0 Å². The number of urea groups is 1. The lowest BCUT2D eigenvalue weighted by molar-refractivity contribution is -0.150. The second-order valence-electron chi connectivity index (χ2n) is 11.3. The molecular formula is C29H35F5N6O5. The van der Waals surface area contributed by atoms with Crippen molar-refractivity contribution in [1.29, 1.82) is 0 Å². The molecule has 1 unspecified atom stereocenters. The van der Waals surface area contributed by atoms with Crippen molar-refractivity contribution in [1.82, 2.24) is 25.5 Å². The maximum atomic E-state index is 15.2. The zero-order valence-corrected chi connectivity index (χ0v) is 24.9. The third-order valence-corrected chi connectivity index (χ3v) is 8.15. The minimum atomic E-state index is -4.66. The Labute approximate surface area is 256 Å². The van der Waals surface area contributed by atoms with Gasteiger partial charge >= 0.3 is 18.1 Å². The number of alkyl halides is 5. The van der Waals surface area contributed by atoms with Crippen LogP contribution in [0.5, 0.6) is 5.88 Å². The number of carbonyl (C=O) groups is 3. The van der Waals surface area contributed by atoms with Gasteiger partial charge in [0.15, 0.2) is 0 Å². The maximum absolute atomic E-state index is 15.2. The number of aromatic nitrogens is 2. The van der Waals surface area contributed by atoms with Crippen molar-refractivity contribution < 1.29 is 45.8 Å². The van der Waals surface area contributed by atoms with Gasteiger partial charge in [-0.05, 0) is 48.4 Å². The molecule has 0 spiro atoms.